The molecule has 0 saturated carbocycles. The van der Waals surface area contributed by atoms with E-state index in [2.05, 4.69) is 18.7 Å². The van der Waals surface area contributed by atoms with Crippen LogP contribution >= 0.6 is 0 Å². The third kappa shape index (κ3) is 6.88. The summed E-state index contributed by atoms with van der Waals surface area (Å²) < 4.78 is 0. The van der Waals surface area contributed by atoms with E-state index in [-0.39, 0.29) is 0 Å². The Bertz CT molecular complexity index is 120. The predicted molar refractivity (Wildman–Crippen MR) is 67.9 cm³/mol. The van der Waals surface area contributed by atoms with Crippen molar-refractivity contribution in [3.8, 4) is 0 Å². The molecule has 0 heterocycles. The van der Waals surface area contributed by atoms with Gasteiger partial charge < -0.3 is 16.4 Å². The molecule has 3 nitrogen and oxygen atoms in total. The van der Waals surface area contributed by atoms with Gasteiger partial charge >= 0.3 is 0 Å². The Hall–Kier alpha value is -0.120. The minimum Gasteiger partial charge on any atom is -0.330 e. The topological polar surface area (TPSA) is 55.3 Å². The van der Waals surface area contributed by atoms with E-state index in [4.69, 9.17) is 11.5 Å². The molecular weight excluding hydrogens is 186 g/mol. The molecule has 1 unspecified atom stereocenters. The molecule has 4 N–H and O–H groups in total. The van der Waals surface area contributed by atoms with Gasteiger partial charge in [-0.05, 0) is 51.9 Å². The second kappa shape index (κ2) is 10.4. The first-order valence-electron chi connectivity index (χ1n) is 6.44. The second-order valence-electron chi connectivity index (χ2n) is 4.17. The van der Waals surface area contributed by atoms with Gasteiger partial charge in [-0.1, -0.05) is 20.3 Å². The zero-order chi connectivity index (χ0) is 11.5. The maximum Gasteiger partial charge on any atom is 0.00925 e. The first-order valence-corrected chi connectivity index (χ1v) is 6.44. The van der Waals surface area contributed by atoms with Crippen LogP contribution < -0.4 is 11.5 Å². The summed E-state index contributed by atoms with van der Waals surface area (Å²) in [6, 6.07) is 0.730. The highest BCUT2D eigenvalue weighted by molar-refractivity contribution is 4.70. The highest BCUT2D eigenvalue weighted by Crippen LogP contribution is 2.11. The summed E-state index contributed by atoms with van der Waals surface area (Å²) in [5.41, 5.74) is 11.1. The van der Waals surface area contributed by atoms with Gasteiger partial charge in [0.25, 0.3) is 0 Å². The lowest BCUT2D eigenvalue weighted by atomic mass is 10.1. The summed E-state index contributed by atoms with van der Waals surface area (Å²) in [4.78, 5) is 2.57. The van der Waals surface area contributed by atoms with Crippen molar-refractivity contribution in [2.75, 3.05) is 26.2 Å². The summed E-state index contributed by atoms with van der Waals surface area (Å²) in [6.45, 7) is 8.39. The number of nitrogens with two attached hydrogens (primary N) is 2. The predicted octanol–water partition coefficient (Wildman–Crippen LogP) is 1.56. The fourth-order valence-corrected chi connectivity index (χ4v) is 2.04. The maximum atomic E-state index is 5.57. The minimum atomic E-state index is 0.730. The summed E-state index contributed by atoms with van der Waals surface area (Å²) in [5, 5.41) is 0. The molecule has 0 aliphatic rings. The maximum absolute atomic E-state index is 5.57. The van der Waals surface area contributed by atoms with E-state index in [1.54, 1.807) is 0 Å². The molecular formula is C12H29N3. The van der Waals surface area contributed by atoms with Crippen molar-refractivity contribution in [3.63, 3.8) is 0 Å². The van der Waals surface area contributed by atoms with Crippen molar-refractivity contribution < 1.29 is 0 Å². The number of hydrogen-bond donors (Lipinski definition) is 2. The first kappa shape index (κ1) is 14.9. The van der Waals surface area contributed by atoms with Crippen LogP contribution in [0.15, 0.2) is 0 Å². The molecule has 0 spiro atoms. The molecule has 15 heavy (non-hydrogen) atoms. The van der Waals surface area contributed by atoms with Crippen LogP contribution in [0.4, 0.5) is 0 Å². The normalized spacial score (nSPS) is 13.4. The van der Waals surface area contributed by atoms with Gasteiger partial charge in [0.2, 0.25) is 0 Å². The molecule has 0 rings (SSSR count). The molecule has 0 saturated heterocycles. The second-order valence-corrected chi connectivity index (χ2v) is 4.17. The average Bonchev–Trinajstić information content (AvgIpc) is 2.27. The zero-order valence-corrected chi connectivity index (χ0v) is 10.5. The summed E-state index contributed by atoms with van der Waals surface area (Å²) in [7, 11) is 0. The molecule has 0 aliphatic carbocycles. The Morgan fingerprint density at radius 2 is 1.53 bits per heavy atom. The largest absolute Gasteiger partial charge is 0.330 e. The van der Waals surface area contributed by atoms with Gasteiger partial charge in [-0.15, -0.1) is 0 Å². The van der Waals surface area contributed by atoms with Crippen molar-refractivity contribution in [3.05, 3.63) is 0 Å². The van der Waals surface area contributed by atoms with Gasteiger partial charge in [0.15, 0.2) is 0 Å². The minimum absolute atomic E-state index is 0.730. The quantitative estimate of drug-likeness (QED) is 0.581. The van der Waals surface area contributed by atoms with Crippen molar-refractivity contribution in [1.82, 2.24) is 4.90 Å². The molecule has 0 radical (unpaired) electrons. The van der Waals surface area contributed by atoms with Crippen LogP contribution in [0.5, 0.6) is 0 Å². The number of nitrogens with zero attached hydrogens (tertiary/aromatic N) is 1. The van der Waals surface area contributed by atoms with E-state index in [1.165, 1.54) is 19.3 Å². The molecule has 0 bridgehead atoms. The Morgan fingerprint density at radius 3 is 1.87 bits per heavy atom. The van der Waals surface area contributed by atoms with Crippen LogP contribution in [0.2, 0.25) is 0 Å². The van der Waals surface area contributed by atoms with Crippen molar-refractivity contribution in [2.24, 2.45) is 11.5 Å². The molecule has 0 aromatic rings. The van der Waals surface area contributed by atoms with Gasteiger partial charge in [0, 0.05) is 6.04 Å². The van der Waals surface area contributed by atoms with E-state index in [0.29, 0.717) is 0 Å². The Labute approximate surface area is 95.2 Å². The van der Waals surface area contributed by atoms with Crippen LogP contribution in [-0.2, 0) is 0 Å². The molecule has 0 aliphatic heterocycles. The molecule has 3 heteroatoms. The van der Waals surface area contributed by atoms with Crippen LogP contribution in [0, 0.1) is 0 Å². The van der Waals surface area contributed by atoms with Crippen molar-refractivity contribution in [2.45, 2.75) is 52.0 Å². The van der Waals surface area contributed by atoms with Crippen LogP contribution in [0.25, 0.3) is 0 Å². The number of hydrogen-bond acceptors (Lipinski definition) is 3. The van der Waals surface area contributed by atoms with Crippen molar-refractivity contribution >= 4 is 0 Å². The van der Waals surface area contributed by atoms with Crippen LogP contribution in [0.1, 0.15) is 46.0 Å². The fraction of sp³-hybridized carbons (Fsp3) is 1.00. The van der Waals surface area contributed by atoms with Gasteiger partial charge in [-0.25, -0.2) is 0 Å². The summed E-state index contributed by atoms with van der Waals surface area (Å²) >= 11 is 0. The fourth-order valence-electron chi connectivity index (χ4n) is 2.04. The van der Waals surface area contributed by atoms with Gasteiger partial charge in [0.05, 0.1) is 0 Å². The van der Waals surface area contributed by atoms with E-state index in [1.807, 2.05) is 0 Å². The molecule has 0 amide bonds. The first-order chi connectivity index (χ1) is 7.29. The third-order valence-electron chi connectivity index (χ3n) is 2.91. The molecule has 0 aromatic heterocycles. The van der Waals surface area contributed by atoms with Gasteiger partial charge in [0.1, 0.15) is 0 Å². The van der Waals surface area contributed by atoms with Crippen molar-refractivity contribution in [1.29, 1.82) is 0 Å². The third-order valence-corrected chi connectivity index (χ3v) is 2.91. The molecule has 0 aromatic carbocycles. The smallest absolute Gasteiger partial charge is 0.00925 e. The molecule has 0 fully saturated rings. The Morgan fingerprint density at radius 1 is 1.00 bits per heavy atom. The lowest BCUT2D eigenvalue weighted by molar-refractivity contribution is 0.178. The number of rotatable bonds is 10. The van der Waals surface area contributed by atoms with Gasteiger partial charge in [-0.2, -0.15) is 0 Å². The van der Waals surface area contributed by atoms with Crippen LogP contribution in [-0.4, -0.2) is 37.1 Å². The molecule has 1 atom stereocenters. The zero-order valence-electron chi connectivity index (χ0n) is 10.5. The Kier molecular flexibility index (Phi) is 10.3. The van der Waals surface area contributed by atoms with E-state index in [0.717, 1.165) is 45.1 Å². The standard InChI is InChI=1S/C12H29N3/c1-3-7-12(4-2)15(10-5-8-13)11-6-9-14/h12H,3-11,13-14H2,1-2H3. The lowest BCUT2D eigenvalue weighted by Crippen LogP contribution is -2.37. The molecule has 92 valence electrons. The SMILES string of the molecule is CCCC(CC)N(CCCN)CCCN. The van der Waals surface area contributed by atoms with E-state index in [9.17, 15) is 0 Å². The highest BCUT2D eigenvalue weighted by atomic mass is 15.1. The van der Waals surface area contributed by atoms with E-state index >= 15 is 0 Å². The monoisotopic (exact) mass is 215 g/mol. The van der Waals surface area contributed by atoms with Crippen LogP contribution in [0.3, 0.4) is 0 Å². The Balaban J connectivity index is 4.02. The van der Waals surface area contributed by atoms with E-state index < -0.39 is 0 Å². The average molecular weight is 215 g/mol. The lowest BCUT2D eigenvalue weighted by Gasteiger charge is -2.30. The summed E-state index contributed by atoms with van der Waals surface area (Å²) in [5.74, 6) is 0. The highest BCUT2D eigenvalue weighted by Gasteiger charge is 2.14. The van der Waals surface area contributed by atoms with Gasteiger partial charge in [-0.3, -0.25) is 0 Å². The summed E-state index contributed by atoms with van der Waals surface area (Å²) in [6.07, 6.45) is 6.00.